The molecular formula is C30H34N4O3Sn. The van der Waals surface area contributed by atoms with Crippen LogP contribution in [0.25, 0.3) is 0 Å². The molecule has 196 valence electrons. The van der Waals surface area contributed by atoms with Crippen LogP contribution in [0.4, 0.5) is 0 Å². The number of hydrogen-bond donors (Lipinski definition) is 3. The van der Waals surface area contributed by atoms with Gasteiger partial charge in [-0.2, -0.15) is 0 Å². The summed E-state index contributed by atoms with van der Waals surface area (Å²) in [7, 11) is 0. The van der Waals surface area contributed by atoms with E-state index in [0.717, 1.165) is 5.69 Å². The van der Waals surface area contributed by atoms with Gasteiger partial charge in [0.25, 0.3) is 0 Å². The Morgan fingerprint density at radius 3 is 1.74 bits per heavy atom. The summed E-state index contributed by atoms with van der Waals surface area (Å²) in [6.07, 6.45) is 3.64. The van der Waals surface area contributed by atoms with Crippen LogP contribution in [-0.2, 0) is 16.0 Å². The molecule has 0 radical (unpaired) electrons. The summed E-state index contributed by atoms with van der Waals surface area (Å²) in [4.78, 5) is 29.4. The van der Waals surface area contributed by atoms with Gasteiger partial charge in [-0.15, -0.1) is 0 Å². The second kappa shape index (κ2) is 15.1. The van der Waals surface area contributed by atoms with Crippen molar-refractivity contribution in [3.63, 3.8) is 0 Å². The van der Waals surface area contributed by atoms with Gasteiger partial charge in [0.1, 0.15) is 0 Å². The van der Waals surface area contributed by atoms with E-state index in [9.17, 15) is 14.7 Å². The van der Waals surface area contributed by atoms with Crippen molar-refractivity contribution in [2.75, 3.05) is 0 Å². The molecule has 1 amide bonds. The molecule has 0 fully saturated rings. The van der Waals surface area contributed by atoms with Crippen LogP contribution < -0.4 is 26.9 Å². The third kappa shape index (κ3) is 9.15. The van der Waals surface area contributed by atoms with E-state index < -0.39 is 43.7 Å². The topological polar surface area (TPSA) is 124 Å². The number of carboxylic acids is 1. The van der Waals surface area contributed by atoms with Crippen LogP contribution in [-0.4, -0.2) is 53.7 Å². The molecule has 4 rings (SSSR count). The van der Waals surface area contributed by atoms with Crippen LogP contribution in [0.1, 0.15) is 26.0 Å². The summed E-state index contributed by atoms with van der Waals surface area (Å²) in [5.74, 6) is -1.67. The van der Waals surface area contributed by atoms with Gasteiger partial charge in [-0.1, -0.05) is 13.8 Å². The normalized spacial score (nSPS) is 12.1. The number of carbonyl (C=O) groups is 2. The third-order valence-electron chi connectivity index (χ3n) is 5.83. The van der Waals surface area contributed by atoms with E-state index in [1.165, 1.54) is 17.1 Å². The molecule has 0 aliphatic heterocycles. The fourth-order valence-corrected chi connectivity index (χ4v) is 11.4. The monoisotopic (exact) mass is 618 g/mol. The molecule has 0 aliphatic rings. The summed E-state index contributed by atoms with van der Waals surface area (Å²) >= 11 is -1.98. The molecule has 0 bridgehead atoms. The molecule has 1 heterocycles. The average Bonchev–Trinajstić information content (AvgIpc) is 3.43. The van der Waals surface area contributed by atoms with E-state index in [4.69, 9.17) is 5.73 Å². The van der Waals surface area contributed by atoms with Crippen LogP contribution in [0, 0.1) is 5.92 Å². The van der Waals surface area contributed by atoms with E-state index in [2.05, 4.69) is 106 Å². The Hall–Kier alpha value is -3.43. The molecule has 0 unspecified atom stereocenters. The van der Waals surface area contributed by atoms with E-state index in [1.54, 1.807) is 6.20 Å². The van der Waals surface area contributed by atoms with Gasteiger partial charge in [0.15, 0.2) is 0 Å². The van der Waals surface area contributed by atoms with Gasteiger partial charge in [-0.25, -0.2) is 4.98 Å². The molecular weight excluding hydrogens is 583 g/mol. The standard InChI is InChI=1S/C12H20N4O3.3C6H5.Sn/c1-7(2)3-10(12(18)19)16-11(17)9(13)4-8-5-14-6-15-8;3*1-2-4-6-5-3-1;/h5-7,9-10H,3-4,13H2,1-2H3,(H,14,15)(H,16,17)(H,18,19);3*1-5H;/q;;;;+1/p-1/t9-,10-;;;;/m0..../s1. The molecule has 8 heteroatoms. The minimum atomic E-state index is -1.98. The molecule has 4 aromatic rings. The molecule has 7 nitrogen and oxygen atoms in total. The number of aromatic amines is 1. The van der Waals surface area contributed by atoms with Gasteiger partial charge >= 0.3 is 121 Å². The predicted octanol–water partition coefficient (Wildman–Crippen LogP) is 0.763. The summed E-state index contributed by atoms with van der Waals surface area (Å²) in [6, 6.07) is 31.1. The van der Waals surface area contributed by atoms with Crippen molar-refractivity contribution in [3.8, 4) is 0 Å². The van der Waals surface area contributed by atoms with Crippen molar-refractivity contribution >= 4 is 42.4 Å². The van der Waals surface area contributed by atoms with Crippen LogP contribution in [0.5, 0.6) is 0 Å². The Morgan fingerprint density at radius 2 is 1.37 bits per heavy atom. The second-order valence-electron chi connectivity index (χ2n) is 9.37. The van der Waals surface area contributed by atoms with Gasteiger partial charge in [0.2, 0.25) is 5.91 Å². The molecule has 4 N–H and O–H groups in total. The summed E-state index contributed by atoms with van der Waals surface area (Å²) in [6.45, 7) is 3.74. The SMILES string of the molecule is CC(C)C[C@H](NC(=O)[C@@H](N)Cc1cnc[nH]1)C(=O)[O-].c1cc[c]([Sn+]([c]2ccccc2)[c]2ccccc2)cc1. The number of aromatic nitrogens is 2. The molecule has 3 aromatic carbocycles. The Labute approximate surface area is 231 Å². The van der Waals surface area contributed by atoms with E-state index in [1.807, 2.05) is 13.8 Å². The van der Waals surface area contributed by atoms with Crippen LogP contribution in [0.2, 0.25) is 0 Å². The van der Waals surface area contributed by atoms with Gasteiger partial charge in [-0.05, 0) is 12.3 Å². The van der Waals surface area contributed by atoms with Crippen molar-refractivity contribution in [2.45, 2.75) is 38.8 Å². The first-order chi connectivity index (χ1) is 18.3. The van der Waals surface area contributed by atoms with Crippen LogP contribution in [0.3, 0.4) is 0 Å². The average molecular weight is 617 g/mol. The number of nitrogens with two attached hydrogens (primary N) is 1. The first kappa shape index (κ1) is 29.1. The summed E-state index contributed by atoms with van der Waals surface area (Å²) in [5, 5.41) is 13.3. The quantitative estimate of drug-likeness (QED) is 0.227. The molecule has 0 saturated carbocycles. The van der Waals surface area contributed by atoms with Gasteiger partial charge in [-0.3, -0.25) is 4.79 Å². The maximum absolute atomic E-state index is 11.8. The number of carboxylic acid groups (broad SMARTS) is 1. The number of imidazole rings is 1. The van der Waals surface area contributed by atoms with Crippen molar-refractivity contribution in [1.29, 1.82) is 0 Å². The number of nitrogens with zero attached hydrogens (tertiary/aromatic N) is 1. The molecule has 38 heavy (non-hydrogen) atoms. The Balaban J connectivity index is 0.000000211. The zero-order chi connectivity index (χ0) is 27.3. The Bertz CT molecular complexity index is 1140. The van der Waals surface area contributed by atoms with Crippen molar-refractivity contribution in [2.24, 2.45) is 11.7 Å². The van der Waals surface area contributed by atoms with Gasteiger partial charge in [0.05, 0.1) is 24.4 Å². The van der Waals surface area contributed by atoms with E-state index in [-0.39, 0.29) is 12.3 Å². The van der Waals surface area contributed by atoms with Gasteiger partial charge in [0, 0.05) is 18.3 Å². The number of amides is 1. The molecule has 0 aliphatic carbocycles. The van der Waals surface area contributed by atoms with Crippen LogP contribution >= 0.6 is 0 Å². The second-order valence-corrected chi connectivity index (χ2v) is 16.5. The molecule has 2 atom stereocenters. The Kier molecular flexibility index (Phi) is 11.6. The van der Waals surface area contributed by atoms with Crippen molar-refractivity contribution in [3.05, 3.63) is 109 Å². The Morgan fingerprint density at radius 1 is 0.895 bits per heavy atom. The maximum atomic E-state index is 11.8. The van der Waals surface area contributed by atoms with E-state index >= 15 is 0 Å². The van der Waals surface area contributed by atoms with Crippen molar-refractivity contribution < 1.29 is 14.7 Å². The van der Waals surface area contributed by atoms with Crippen LogP contribution in [0.15, 0.2) is 104 Å². The number of benzene rings is 3. The molecule has 0 saturated heterocycles. The number of nitrogens with one attached hydrogen (secondary N) is 2. The molecule has 0 spiro atoms. The number of rotatable bonds is 10. The number of aliphatic carboxylic acids is 1. The van der Waals surface area contributed by atoms with Crippen molar-refractivity contribution in [1.82, 2.24) is 15.3 Å². The third-order valence-corrected chi connectivity index (χ3v) is 13.6. The zero-order valence-corrected chi connectivity index (χ0v) is 24.6. The minimum absolute atomic E-state index is 0.132. The van der Waals surface area contributed by atoms with E-state index in [0.29, 0.717) is 6.42 Å². The zero-order valence-electron chi connectivity index (χ0n) is 21.7. The van der Waals surface area contributed by atoms with Gasteiger partial charge < -0.3 is 25.9 Å². The molecule has 1 aromatic heterocycles. The first-order valence-corrected chi connectivity index (χ1v) is 16.9. The fraction of sp³-hybridized carbons (Fsp3) is 0.233. The summed E-state index contributed by atoms with van der Waals surface area (Å²) in [5.41, 5.74) is 6.43. The fourth-order valence-electron chi connectivity index (χ4n) is 4.00. The summed E-state index contributed by atoms with van der Waals surface area (Å²) < 4.78 is 4.59. The first-order valence-electron chi connectivity index (χ1n) is 12.6. The number of carbonyl (C=O) groups excluding carboxylic acids is 2. The predicted molar refractivity (Wildman–Crippen MR) is 151 cm³/mol. The number of hydrogen-bond acceptors (Lipinski definition) is 5. The number of H-pyrrole nitrogens is 1.